The third-order valence-electron chi connectivity index (χ3n) is 12.4. The van der Waals surface area contributed by atoms with E-state index in [2.05, 4.69) is 109 Å². The standard InChI is InChI=1S/C45H52N12O/c1-26-48-42-34(38-20-30-12-9-27(17-36(30)51-38)24-56(2)31-7-5-4-6-8-31)22-40(54-44(42)49-26)47-23-41-53-43-33(21-39(46)52-45(43)55-41)37-19-29-11-10-28(18-35(29)50-37)25-57(3)32-13-15-58-16-14-32/h9-12,17-22,31-32,50-51H,4-8,13-16,23-25H2,1-3H3,(H3,46,52,53,55)(H2,47,48,49,54). The van der Waals surface area contributed by atoms with Crippen molar-refractivity contribution in [1.82, 2.24) is 49.7 Å². The molecule has 7 heterocycles. The fourth-order valence-corrected chi connectivity index (χ4v) is 9.25. The number of aromatic nitrogens is 8. The molecule has 1 aliphatic carbocycles. The average Bonchev–Trinajstić information content (AvgIpc) is 4.04. The highest BCUT2D eigenvalue weighted by atomic mass is 16.5. The second kappa shape index (κ2) is 15.2. The number of fused-ring (bicyclic) bond motifs is 4. The lowest BCUT2D eigenvalue weighted by Crippen LogP contribution is -2.36. The summed E-state index contributed by atoms with van der Waals surface area (Å²) in [5.74, 6) is 2.65. The van der Waals surface area contributed by atoms with Gasteiger partial charge in [0.05, 0.1) is 17.6 Å². The number of hydrogen-bond donors (Lipinski definition) is 6. The summed E-state index contributed by atoms with van der Waals surface area (Å²) in [6, 6.07) is 23.0. The molecule has 0 unspecified atom stereocenters. The van der Waals surface area contributed by atoms with Gasteiger partial charge in [-0.1, -0.05) is 43.5 Å². The smallest absolute Gasteiger partial charge is 0.180 e. The first-order valence-corrected chi connectivity index (χ1v) is 20.8. The van der Waals surface area contributed by atoms with Gasteiger partial charge in [-0.15, -0.1) is 0 Å². The van der Waals surface area contributed by atoms with Crippen molar-refractivity contribution in [2.75, 3.05) is 38.4 Å². The number of hydrogen-bond acceptors (Lipinski definition) is 9. The number of aromatic amines is 4. The Morgan fingerprint density at radius 1 is 0.672 bits per heavy atom. The molecule has 58 heavy (non-hydrogen) atoms. The zero-order chi connectivity index (χ0) is 39.3. The number of anilines is 2. The first-order valence-electron chi connectivity index (χ1n) is 20.8. The summed E-state index contributed by atoms with van der Waals surface area (Å²) in [5, 5.41) is 5.83. The zero-order valence-corrected chi connectivity index (χ0v) is 33.6. The monoisotopic (exact) mass is 776 g/mol. The molecule has 6 aromatic heterocycles. The van der Waals surface area contributed by atoms with E-state index >= 15 is 0 Å². The van der Waals surface area contributed by atoms with E-state index in [1.807, 2.05) is 13.0 Å². The Balaban J connectivity index is 0.893. The van der Waals surface area contributed by atoms with Crippen LogP contribution in [0.1, 0.15) is 67.7 Å². The van der Waals surface area contributed by atoms with Crippen LogP contribution in [-0.4, -0.2) is 89.1 Å². The molecule has 2 aromatic carbocycles. The lowest BCUT2D eigenvalue weighted by Gasteiger charge is -2.31. The summed E-state index contributed by atoms with van der Waals surface area (Å²) >= 11 is 0. The number of imidazole rings is 2. The maximum Gasteiger partial charge on any atom is 0.180 e. The van der Waals surface area contributed by atoms with Crippen molar-refractivity contribution >= 4 is 55.8 Å². The zero-order valence-electron chi connectivity index (χ0n) is 33.6. The van der Waals surface area contributed by atoms with E-state index in [-0.39, 0.29) is 0 Å². The molecular formula is C45H52N12O. The molecule has 1 aliphatic heterocycles. The SMILES string of the molecule is Cc1nc2nc(NCc3nc4nc(N)cc(-c5cc6ccc(CN(C)C7CCOCC7)cc6[nH]5)c4[nH]3)cc(-c3cc4ccc(CN(C)C5CCCCC5)cc4[nH]3)c2[nH]1. The molecule has 0 atom stereocenters. The Morgan fingerprint density at radius 3 is 1.95 bits per heavy atom. The Bertz CT molecular complexity index is 2740. The lowest BCUT2D eigenvalue weighted by molar-refractivity contribution is 0.0407. The molecule has 2 aliphatic rings. The predicted molar refractivity (Wildman–Crippen MR) is 232 cm³/mol. The fourth-order valence-electron chi connectivity index (χ4n) is 9.25. The van der Waals surface area contributed by atoms with Crippen molar-refractivity contribution < 1.29 is 4.74 Å². The Morgan fingerprint density at radius 2 is 1.28 bits per heavy atom. The van der Waals surface area contributed by atoms with E-state index in [0.717, 1.165) is 101 Å². The topological polar surface area (TPSA) is 168 Å². The molecule has 2 fully saturated rings. The first-order chi connectivity index (χ1) is 28.3. The van der Waals surface area contributed by atoms with Crippen molar-refractivity contribution in [3.05, 3.63) is 83.4 Å². The molecule has 298 valence electrons. The summed E-state index contributed by atoms with van der Waals surface area (Å²) in [6.07, 6.45) is 8.80. The van der Waals surface area contributed by atoms with Crippen LogP contribution in [0.25, 0.3) is 66.6 Å². The minimum Gasteiger partial charge on any atom is -0.384 e. The highest BCUT2D eigenvalue weighted by molar-refractivity contribution is 5.96. The minimum absolute atomic E-state index is 0.401. The molecule has 13 heteroatoms. The number of nitrogens with two attached hydrogens (primary N) is 1. The molecule has 13 nitrogen and oxygen atoms in total. The minimum atomic E-state index is 0.401. The van der Waals surface area contributed by atoms with Crippen LogP contribution in [0.15, 0.2) is 60.7 Å². The summed E-state index contributed by atoms with van der Waals surface area (Å²) < 4.78 is 5.58. The largest absolute Gasteiger partial charge is 0.384 e. The highest BCUT2D eigenvalue weighted by Crippen LogP contribution is 2.34. The number of aryl methyl sites for hydroxylation is 1. The van der Waals surface area contributed by atoms with E-state index in [9.17, 15) is 0 Å². The quantitative estimate of drug-likeness (QED) is 0.0756. The third-order valence-corrected chi connectivity index (χ3v) is 12.4. The van der Waals surface area contributed by atoms with Gasteiger partial charge in [-0.3, -0.25) is 9.80 Å². The van der Waals surface area contributed by atoms with Gasteiger partial charge in [-0.05, 0) is 94.2 Å². The lowest BCUT2D eigenvalue weighted by atomic mass is 9.94. The molecule has 1 saturated carbocycles. The normalized spacial score (nSPS) is 15.9. The van der Waals surface area contributed by atoms with E-state index in [1.165, 1.54) is 48.6 Å². The maximum atomic E-state index is 6.36. The Labute approximate surface area is 337 Å². The van der Waals surface area contributed by atoms with E-state index in [1.54, 1.807) is 0 Å². The third kappa shape index (κ3) is 7.29. The van der Waals surface area contributed by atoms with Crippen LogP contribution in [0.2, 0.25) is 0 Å². The first kappa shape index (κ1) is 36.6. The molecule has 10 rings (SSSR count). The van der Waals surface area contributed by atoms with Crippen molar-refractivity contribution in [3.63, 3.8) is 0 Å². The number of ether oxygens (including phenoxy) is 1. The van der Waals surface area contributed by atoms with Crippen molar-refractivity contribution in [2.45, 2.75) is 83.6 Å². The van der Waals surface area contributed by atoms with Gasteiger partial charge in [0.1, 0.15) is 23.3 Å². The number of pyridine rings is 2. The molecule has 1 saturated heterocycles. The fraction of sp³-hybridized carbons (Fsp3) is 0.378. The van der Waals surface area contributed by atoms with Gasteiger partial charge in [-0.2, -0.15) is 0 Å². The molecule has 0 radical (unpaired) electrons. The number of rotatable bonds is 11. The van der Waals surface area contributed by atoms with Crippen LogP contribution in [0.3, 0.4) is 0 Å². The van der Waals surface area contributed by atoms with Crippen LogP contribution in [0.4, 0.5) is 11.6 Å². The predicted octanol–water partition coefficient (Wildman–Crippen LogP) is 8.40. The van der Waals surface area contributed by atoms with Gasteiger partial charge in [0.15, 0.2) is 11.3 Å². The number of benzene rings is 2. The Hall–Kier alpha value is -5.76. The van der Waals surface area contributed by atoms with Gasteiger partial charge >= 0.3 is 0 Å². The number of nitrogens with zero attached hydrogens (tertiary/aromatic N) is 6. The van der Waals surface area contributed by atoms with Gasteiger partial charge in [0.25, 0.3) is 0 Å². The molecule has 0 amide bonds. The molecule has 0 bridgehead atoms. The highest BCUT2D eigenvalue weighted by Gasteiger charge is 2.21. The van der Waals surface area contributed by atoms with E-state index < -0.39 is 0 Å². The molecule has 0 spiro atoms. The number of nitrogens with one attached hydrogen (secondary N) is 5. The Kier molecular flexibility index (Phi) is 9.59. The summed E-state index contributed by atoms with van der Waals surface area (Å²) in [5.41, 5.74) is 18.0. The van der Waals surface area contributed by atoms with Crippen LogP contribution in [0, 0.1) is 6.92 Å². The van der Waals surface area contributed by atoms with Gasteiger partial charge in [0, 0.05) is 82.7 Å². The summed E-state index contributed by atoms with van der Waals surface area (Å²) in [7, 11) is 4.48. The van der Waals surface area contributed by atoms with Crippen LogP contribution in [0.5, 0.6) is 0 Å². The van der Waals surface area contributed by atoms with E-state index in [0.29, 0.717) is 41.6 Å². The second-order valence-corrected chi connectivity index (χ2v) is 16.6. The van der Waals surface area contributed by atoms with Crippen molar-refractivity contribution in [1.29, 1.82) is 0 Å². The molecule has 8 aromatic rings. The summed E-state index contributed by atoms with van der Waals surface area (Å²) in [6.45, 7) is 5.88. The van der Waals surface area contributed by atoms with Gasteiger partial charge < -0.3 is 35.7 Å². The van der Waals surface area contributed by atoms with Gasteiger partial charge in [-0.25, -0.2) is 19.9 Å². The summed E-state index contributed by atoms with van der Waals surface area (Å²) in [4.78, 5) is 38.4. The second-order valence-electron chi connectivity index (χ2n) is 16.6. The number of nitrogen functional groups attached to an aromatic ring is 1. The average molecular weight is 777 g/mol. The maximum absolute atomic E-state index is 6.36. The van der Waals surface area contributed by atoms with Gasteiger partial charge in [0.2, 0.25) is 0 Å². The number of H-pyrrole nitrogens is 4. The van der Waals surface area contributed by atoms with Crippen LogP contribution in [-0.2, 0) is 24.4 Å². The molecular weight excluding hydrogens is 725 g/mol. The van der Waals surface area contributed by atoms with Crippen molar-refractivity contribution in [2.24, 2.45) is 0 Å². The van der Waals surface area contributed by atoms with Crippen molar-refractivity contribution in [3.8, 4) is 22.5 Å². The van der Waals surface area contributed by atoms with Crippen LogP contribution < -0.4 is 11.1 Å². The van der Waals surface area contributed by atoms with Crippen LogP contribution >= 0.6 is 0 Å². The molecule has 7 N–H and O–H groups in total. The van der Waals surface area contributed by atoms with E-state index in [4.69, 9.17) is 25.4 Å².